The van der Waals surface area contributed by atoms with Gasteiger partial charge in [-0.2, -0.15) is 0 Å². The van der Waals surface area contributed by atoms with E-state index in [1.807, 2.05) is 36.4 Å². The Labute approximate surface area is 133 Å². The molecule has 0 atom stereocenters. The van der Waals surface area contributed by atoms with Gasteiger partial charge in [0.2, 0.25) is 0 Å². The lowest BCUT2D eigenvalue weighted by atomic mass is 9.84. The number of likely N-dealkylation sites (tertiary alicyclic amines) is 1. The van der Waals surface area contributed by atoms with E-state index in [0.717, 1.165) is 38.0 Å². The number of hydrogen-bond donors (Lipinski definition) is 3. The van der Waals surface area contributed by atoms with Gasteiger partial charge in [0.25, 0.3) is 0 Å². The highest BCUT2D eigenvalue weighted by atomic mass is 16.3. The highest BCUT2D eigenvalue weighted by Gasteiger charge is 2.33. The van der Waals surface area contributed by atoms with Crippen molar-refractivity contribution in [2.24, 2.45) is 11.6 Å². The minimum atomic E-state index is -0.626. The summed E-state index contributed by atoms with van der Waals surface area (Å²) in [7, 11) is 1.70. The maximum Gasteiger partial charge on any atom is 0.0920 e. The Balaban J connectivity index is 0.000000346. The molecular weight excluding hydrogens is 276 g/mol. The van der Waals surface area contributed by atoms with Crippen molar-refractivity contribution in [2.75, 3.05) is 26.7 Å². The summed E-state index contributed by atoms with van der Waals surface area (Å²) in [6, 6.07) is 10.00. The molecule has 0 radical (unpaired) electrons. The second-order valence-electron chi connectivity index (χ2n) is 5.49. The molecule has 1 aromatic carbocycles. The Morgan fingerprint density at radius 2 is 1.91 bits per heavy atom. The van der Waals surface area contributed by atoms with Crippen LogP contribution in [0.25, 0.3) is 0 Å². The van der Waals surface area contributed by atoms with Gasteiger partial charge in [-0.3, -0.25) is 4.90 Å². The fourth-order valence-corrected chi connectivity index (χ4v) is 2.46. The molecule has 1 heterocycles. The number of rotatable bonds is 4. The van der Waals surface area contributed by atoms with Crippen molar-refractivity contribution in [3.8, 4) is 0 Å². The van der Waals surface area contributed by atoms with E-state index in [1.54, 1.807) is 13.2 Å². The zero-order valence-electron chi connectivity index (χ0n) is 13.4. The molecule has 1 fully saturated rings. The molecule has 5 N–H and O–H groups in total. The molecule has 5 heteroatoms. The van der Waals surface area contributed by atoms with Gasteiger partial charge < -0.3 is 15.8 Å². The summed E-state index contributed by atoms with van der Waals surface area (Å²) in [6.07, 6.45) is 6.47. The van der Waals surface area contributed by atoms with Crippen molar-refractivity contribution in [1.82, 2.24) is 9.91 Å². The first-order chi connectivity index (χ1) is 10.5. The average Bonchev–Trinajstić information content (AvgIpc) is 2.51. The van der Waals surface area contributed by atoms with Crippen LogP contribution in [0.15, 0.2) is 55.4 Å². The van der Waals surface area contributed by atoms with Crippen LogP contribution in [0.5, 0.6) is 0 Å². The third kappa shape index (κ3) is 5.89. The van der Waals surface area contributed by atoms with Gasteiger partial charge in [0.15, 0.2) is 0 Å². The standard InChI is InChI=1S/C14H19NO.C3H9N3/c1-2-10-15-11-8-14(16,9-12-15)13-6-4-3-5-7-13;1-6(5)3-2-4/h2-7,16H,1,8-12H2;2-3H,4-5H2,1H3/b;3-2-. The summed E-state index contributed by atoms with van der Waals surface area (Å²) in [6.45, 7) is 6.55. The number of benzene rings is 1. The lowest BCUT2D eigenvalue weighted by molar-refractivity contribution is -0.0233. The Kier molecular flexibility index (Phi) is 7.66. The van der Waals surface area contributed by atoms with E-state index >= 15 is 0 Å². The van der Waals surface area contributed by atoms with Crippen LogP contribution in [0.2, 0.25) is 0 Å². The first-order valence-corrected chi connectivity index (χ1v) is 7.49. The summed E-state index contributed by atoms with van der Waals surface area (Å²) in [5.74, 6) is 5.07. The number of hydrazine groups is 1. The van der Waals surface area contributed by atoms with Crippen molar-refractivity contribution in [1.29, 1.82) is 0 Å². The van der Waals surface area contributed by atoms with Gasteiger partial charge in [-0.25, -0.2) is 5.84 Å². The molecule has 0 aliphatic carbocycles. The first-order valence-electron chi connectivity index (χ1n) is 7.49. The van der Waals surface area contributed by atoms with E-state index in [9.17, 15) is 5.11 Å². The number of nitrogens with two attached hydrogens (primary N) is 2. The van der Waals surface area contributed by atoms with Crippen LogP contribution in [-0.2, 0) is 5.60 Å². The highest BCUT2D eigenvalue weighted by Crippen LogP contribution is 2.32. The quantitative estimate of drug-likeness (QED) is 0.445. The maximum absolute atomic E-state index is 10.6. The van der Waals surface area contributed by atoms with E-state index in [4.69, 9.17) is 11.6 Å². The van der Waals surface area contributed by atoms with Crippen molar-refractivity contribution in [2.45, 2.75) is 18.4 Å². The fraction of sp³-hybridized carbons (Fsp3) is 0.412. The summed E-state index contributed by atoms with van der Waals surface area (Å²) >= 11 is 0. The molecule has 5 nitrogen and oxygen atoms in total. The molecule has 0 aromatic heterocycles. The van der Waals surface area contributed by atoms with Crippen LogP contribution in [-0.4, -0.2) is 41.7 Å². The molecule has 1 aliphatic rings. The highest BCUT2D eigenvalue weighted by molar-refractivity contribution is 5.22. The van der Waals surface area contributed by atoms with Gasteiger partial charge in [-0.05, 0) is 18.4 Å². The largest absolute Gasteiger partial charge is 0.403 e. The summed E-state index contributed by atoms with van der Waals surface area (Å²) in [5.41, 5.74) is 5.35. The van der Waals surface area contributed by atoms with E-state index in [1.165, 1.54) is 11.2 Å². The monoisotopic (exact) mass is 304 g/mol. The summed E-state index contributed by atoms with van der Waals surface area (Å²) < 4.78 is 0. The smallest absolute Gasteiger partial charge is 0.0920 e. The van der Waals surface area contributed by atoms with Gasteiger partial charge in [0.05, 0.1) is 5.60 Å². The van der Waals surface area contributed by atoms with E-state index in [0.29, 0.717) is 0 Å². The van der Waals surface area contributed by atoms with Gasteiger partial charge in [0, 0.05) is 39.1 Å². The number of hydrogen-bond acceptors (Lipinski definition) is 5. The Bertz CT molecular complexity index is 451. The molecule has 0 spiro atoms. The van der Waals surface area contributed by atoms with E-state index in [-0.39, 0.29) is 0 Å². The molecule has 0 amide bonds. The fourth-order valence-electron chi connectivity index (χ4n) is 2.46. The van der Waals surface area contributed by atoms with E-state index in [2.05, 4.69) is 11.5 Å². The number of aliphatic hydroxyl groups is 1. The Morgan fingerprint density at radius 1 is 1.32 bits per heavy atom. The first kappa shape index (κ1) is 18.2. The predicted octanol–water partition coefficient (Wildman–Crippen LogP) is 1.38. The molecule has 0 unspecified atom stereocenters. The molecule has 22 heavy (non-hydrogen) atoms. The van der Waals surface area contributed by atoms with Crippen LogP contribution in [0.3, 0.4) is 0 Å². The lowest BCUT2D eigenvalue weighted by Crippen LogP contribution is -2.42. The number of piperidine rings is 1. The van der Waals surface area contributed by atoms with Crippen molar-refractivity contribution < 1.29 is 5.11 Å². The van der Waals surface area contributed by atoms with Gasteiger partial charge in [-0.15, -0.1) is 6.58 Å². The second kappa shape index (κ2) is 9.25. The van der Waals surface area contributed by atoms with Crippen LogP contribution >= 0.6 is 0 Å². The van der Waals surface area contributed by atoms with E-state index < -0.39 is 5.60 Å². The third-order valence-corrected chi connectivity index (χ3v) is 3.70. The van der Waals surface area contributed by atoms with Crippen molar-refractivity contribution in [3.63, 3.8) is 0 Å². The topological polar surface area (TPSA) is 78.8 Å². The zero-order valence-corrected chi connectivity index (χ0v) is 13.4. The van der Waals surface area contributed by atoms with Gasteiger partial charge in [-0.1, -0.05) is 36.4 Å². The molecule has 0 saturated carbocycles. The SMILES string of the molecule is C=CCN1CCC(O)(c2ccccc2)CC1.CN(N)/C=C\N. The van der Waals surface area contributed by atoms with Gasteiger partial charge >= 0.3 is 0 Å². The molecule has 122 valence electrons. The minimum Gasteiger partial charge on any atom is -0.403 e. The summed E-state index contributed by atoms with van der Waals surface area (Å²) in [4.78, 5) is 2.32. The van der Waals surface area contributed by atoms with Crippen molar-refractivity contribution >= 4 is 0 Å². The van der Waals surface area contributed by atoms with Crippen LogP contribution in [0, 0.1) is 0 Å². The zero-order chi connectivity index (χ0) is 16.4. The minimum absolute atomic E-state index is 0.626. The van der Waals surface area contributed by atoms with Gasteiger partial charge in [0.1, 0.15) is 0 Å². The predicted molar refractivity (Wildman–Crippen MR) is 91.5 cm³/mol. The lowest BCUT2D eigenvalue weighted by Gasteiger charge is -2.38. The maximum atomic E-state index is 10.6. The average molecular weight is 304 g/mol. The Morgan fingerprint density at radius 3 is 2.32 bits per heavy atom. The Hall–Kier alpha value is -1.82. The van der Waals surface area contributed by atoms with Crippen LogP contribution in [0.1, 0.15) is 18.4 Å². The molecule has 1 aromatic rings. The molecule has 1 aliphatic heterocycles. The number of nitrogens with zero attached hydrogens (tertiary/aromatic N) is 2. The normalized spacial score (nSPS) is 17.6. The third-order valence-electron chi connectivity index (χ3n) is 3.70. The van der Waals surface area contributed by atoms with Crippen LogP contribution in [0.4, 0.5) is 0 Å². The van der Waals surface area contributed by atoms with Crippen molar-refractivity contribution in [3.05, 3.63) is 61.0 Å². The van der Waals surface area contributed by atoms with Crippen LogP contribution < -0.4 is 11.6 Å². The summed E-state index contributed by atoms with van der Waals surface area (Å²) in [5, 5.41) is 12.0. The molecule has 2 rings (SSSR count). The second-order valence-corrected chi connectivity index (χ2v) is 5.49. The molecule has 1 saturated heterocycles. The molecule has 0 bridgehead atoms. The molecular formula is C17H28N4O.